The zero-order valence-corrected chi connectivity index (χ0v) is 14.3. The normalized spacial score (nSPS) is 23.9. The van der Waals surface area contributed by atoms with Crippen molar-refractivity contribution in [2.45, 2.75) is 36.5 Å². The minimum Gasteiger partial charge on any atom is -0.339 e. The van der Waals surface area contributed by atoms with E-state index in [1.165, 1.54) is 0 Å². The Labute approximate surface area is 133 Å². The SMILES string of the molecule is CC(Sc1ccc(Br)cc1)C(=O)N1CC(CN)CC1C. The number of nitrogens with two attached hydrogens (primary N) is 1. The quantitative estimate of drug-likeness (QED) is 0.843. The third-order valence-corrected chi connectivity index (χ3v) is 5.38. The van der Waals surface area contributed by atoms with E-state index in [0.717, 1.165) is 22.3 Å². The molecule has 0 saturated carbocycles. The lowest BCUT2D eigenvalue weighted by molar-refractivity contribution is -0.130. The number of hydrogen-bond acceptors (Lipinski definition) is 3. The highest BCUT2D eigenvalue weighted by molar-refractivity contribution is 9.10. The molecule has 0 aliphatic carbocycles. The first kappa shape index (κ1) is 15.9. The van der Waals surface area contributed by atoms with Crippen molar-refractivity contribution in [1.29, 1.82) is 0 Å². The molecule has 0 spiro atoms. The van der Waals surface area contributed by atoms with Gasteiger partial charge in [0.25, 0.3) is 0 Å². The predicted molar refractivity (Wildman–Crippen MR) is 87.8 cm³/mol. The highest BCUT2D eigenvalue weighted by Gasteiger charge is 2.33. The van der Waals surface area contributed by atoms with Crippen molar-refractivity contribution in [3.8, 4) is 0 Å². The van der Waals surface area contributed by atoms with E-state index >= 15 is 0 Å². The lowest BCUT2D eigenvalue weighted by Gasteiger charge is -2.25. The van der Waals surface area contributed by atoms with Gasteiger partial charge in [-0.1, -0.05) is 15.9 Å². The molecule has 1 fully saturated rings. The topological polar surface area (TPSA) is 46.3 Å². The molecule has 1 aliphatic heterocycles. The van der Waals surface area contributed by atoms with Crippen LogP contribution in [-0.2, 0) is 4.79 Å². The van der Waals surface area contributed by atoms with Crippen molar-refractivity contribution in [2.75, 3.05) is 13.1 Å². The molecule has 0 radical (unpaired) electrons. The third-order valence-electron chi connectivity index (χ3n) is 3.75. The lowest BCUT2D eigenvalue weighted by atomic mass is 10.1. The minimum absolute atomic E-state index is 0.0600. The van der Waals surface area contributed by atoms with Crippen LogP contribution >= 0.6 is 27.7 Å². The fourth-order valence-corrected chi connectivity index (χ4v) is 3.82. The number of rotatable bonds is 4. The van der Waals surface area contributed by atoms with E-state index in [1.807, 2.05) is 36.1 Å². The molecule has 3 nitrogen and oxygen atoms in total. The van der Waals surface area contributed by atoms with Crippen LogP contribution in [-0.4, -0.2) is 35.2 Å². The van der Waals surface area contributed by atoms with Crippen LogP contribution in [0, 0.1) is 5.92 Å². The van der Waals surface area contributed by atoms with Gasteiger partial charge in [0.2, 0.25) is 5.91 Å². The van der Waals surface area contributed by atoms with Crippen LogP contribution in [0.15, 0.2) is 33.6 Å². The summed E-state index contributed by atoms with van der Waals surface area (Å²) in [6.45, 7) is 5.58. The van der Waals surface area contributed by atoms with Crippen LogP contribution in [0.1, 0.15) is 20.3 Å². The Bertz CT molecular complexity index is 465. The van der Waals surface area contributed by atoms with Gasteiger partial charge in [0, 0.05) is 22.0 Å². The maximum atomic E-state index is 12.5. The Hall–Kier alpha value is -0.520. The van der Waals surface area contributed by atoms with Crippen molar-refractivity contribution < 1.29 is 4.79 Å². The number of likely N-dealkylation sites (tertiary alicyclic amines) is 1. The fraction of sp³-hybridized carbons (Fsp3) is 0.533. The zero-order chi connectivity index (χ0) is 14.7. The summed E-state index contributed by atoms with van der Waals surface area (Å²) in [6.07, 6.45) is 1.03. The highest BCUT2D eigenvalue weighted by atomic mass is 79.9. The molecule has 1 aliphatic rings. The second-order valence-corrected chi connectivity index (χ2v) is 7.72. The molecular formula is C15H21BrN2OS. The number of carbonyl (C=O) groups excluding carboxylic acids is 1. The maximum Gasteiger partial charge on any atom is 0.236 e. The molecule has 0 bridgehead atoms. The predicted octanol–water partition coefficient (Wildman–Crippen LogP) is 3.13. The van der Waals surface area contributed by atoms with E-state index in [1.54, 1.807) is 11.8 Å². The molecule has 20 heavy (non-hydrogen) atoms. The molecule has 2 rings (SSSR count). The average molecular weight is 357 g/mol. The summed E-state index contributed by atoms with van der Waals surface area (Å²) < 4.78 is 1.06. The van der Waals surface area contributed by atoms with Crippen LogP contribution < -0.4 is 5.73 Å². The molecule has 110 valence electrons. The number of nitrogens with zero attached hydrogens (tertiary/aromatic N) is 1. The van der Waals surface area contributed by atoms with E-state index in [2.05, 4.69) is 22.9 Å². The van der Waals surface area contributed by atoms with Crippen LogP contribution in [0.3, 0.4) is 0 Å². The summed E-state index contributed by atoms with van der Waals surface area (Å²) in [7, 11) is 0. The highest BCUT2D eigenvalue weighted by Crippen LogP contribution is 2.29. The Balaban J connectivity index is 1.96. The fourth-order valence-electron chi connectivity index (χ4n) is 2.62. The number of hydrogen-bond donors (Lipinski definition) is 1. The summed E-state index contributed by atoms with van der Waals surface area (Å²) in [5, 5.41) is -0.0600. The van der Waals surface area contributed by atoms with Crippen LogP contribution in [0.2, 0.25) is 0 Å². The smallest absolute Gasteiger partial charge is 0.236 e. The Kier molecular flexibility index (Phi) is 5.52. The standard InChI is InChI=1S/C15H21BrN2OS/c1-10-7-12(8-17)9-18(10)15(19)11(2)20-14-5-3-13(16)4-6-14/h3-6,10-12H,7-9,17H2,1-2H3. The van der Waals surface area contributed by atoms with Gasteiger partial charge in [0.15, 0.2) is 0 Å². The number of thioether (sulfide) groups is 1. The number of carbonyl (C=O) groups is 1. The van der Waals surface area contributed by atoms with E-state index < -0.39 is 0 Å². The molecule has 1 aromatic rings. The Morgan fingerprint density at radius 1 is 1.50 bits per heavy atom. The van der Waals surface area contributed by atoms with Gasteiger partial charge < -0.3 is 10.6 Å². The molecule has 5 heteroatoms. The Morgan fingerprint density at radius 3 is 2.70 bits per heavy atom. The minimum atomic E-state index is -0.0600. The van der Waals surface area contributed by atoms with Gasteiger partial charge in [-0.15, -0.1) is 11.8 Å². The molecule has 0 aromatic heterocycles. The summed E-state index contributed by atoms with van der Waals surface area (Å²) in [4.78, 5) is 15.7. The van der Waals surface area contributed by atoms with Crippen LogP contribution in [0.4, 0.5) is 0 Å². The lowest BCUT2D eigenvalue weighted by Crippen LogP contribution is -2.39. The van der Waals surface area contributed by atoms with Gasteiger partial charge in [-0.25, -0.2) is 0 Å². The Morgan fingerprint density at radius 2 is 2.15 bits per heavy atom. The summed E-state index contributed by atoms with van der Waals surface area (Å²) in [5.41, 5.74) is 5.72. The molecule has 1 saturated heterocycles. The summed E-state index contributed by atoms with van der Waals surface area (Å²) in [5.74, 6) is 0.681. The van der Waals surface area contributed by atoms with Gasteiger partial charge in [-0.3, -0.25) is 4.79 Å². The van der Waals surface area contributed by atoms with Crippen molar-refractivity contribution >= 4 is 33.6 Å². The monoisotopic (exact) mass is 356 g/mol. The largest absolute Gasteiger partial charge is 0.339 e. The molecule has 2 N–H and O–H groups in total. The van der Waals surface area contributed by atoms with Crippen LogP contribution in [0.5, 0.6) is 0 Å². The third kappa shape index (κ3) is 3.77. The molecule has 1 heterocycles. The number of benzene rings is 1. The van der Waals surface area contributed by atoms with Crippen molar-refractivity contribution in [3.63, 3.8) is 0 Å². The molecule has 1 amide bonds. The molecular weight excluding hydrogens is 336 g/mol. The van der Waals surface area contributed by atoms with E-state index in [0.29, 0.717) is 18.5 Å². The zero-order valence-electron chi connectivity index (χ0n) is 11.9. The summed E-state index contributed by atoms with van der Waals surface area (Å²) >= 11 is 5.04. The van der Waals surface area contributed by atoms with Crippen molar-refractivity contribution in [3.05, 3.63) is 28.7 Å². The van der Waals surface area contributed by atoms with Crippen molar-refractivity contribution in [2.24, 2.45) is 11.7 Å². The number of amides is 1. The van der Waals surface area contributed by atoms with E-state index in [4.69, 9.17) is 5.73 Å². The van der Waals surface area contributed by atoms with Crippen LogP contribution in [0.25, 0.3) is 0 Å². The number of halogens is 1. The van der Waals surface area contributed by atoms with Gasteiger partial charge in [-0.05, 0) is 57.0 Å². The molecule has 3 unspecified atom stereocenters. The van der Waals surface area contributed by atoms with E-state index in [-0.39, 0.29) is 11.2 Å². The van der Waals surface area contributed by atoms with Gasteiger partial charge in [-0.2, -0.15) is 0 Å². The maximum absolute atomic E-state index is 12.5. The van der Waals surface area contributed by atoms with Gasteiger partial charge >= 0.3 is 0 Å². The van der Waals surface area contributed by atoms with E-state index in [9.17, 15) is 4.79 Å². The second kappa shape index (κ2) is 6.96. The molecule has 1 aromatic carbocycles. The van der Waals surface area contributed by atoms with Gasteiger partial charge in [0.05, 0.1) is 5.25 Å². The molecule has 3 atom stereocenters. The summed E-state index contributed by atoms with van der Waals surface area (Å²) in [6, 6.07) is 8.39. The first-order chi connectivity index (χ1) is 9.51. The van der Waals surface area contributed by atoms with Crippen molar-refractivity contribution in [1.82, 2.24) is 4.90 Å². The first-order valence-electron chi connectivity index (χ1n) is 6.94. The first-order valence-corrected chi connectivity index (χ1v) is 8.61. The second-order valence-electron chi connectivity index (χ2n) is 5.39. The average Bonchev–Trinajstić information content (AvgIpc) is 2.81. The van der Waals surface area contributed by atoms with Gasteiger partial charge in [0.1, 0.15) is 0 Å².